The second kappa shape index (κ2) is 16.4. The number of aliphatic imine (C=N–C) groups is 1. The minimum absolute atomic E-state index is 0.247. The number of guanidine groups is 1. The summed E-state index contributed by atoms with van der Waals surface area (Å²) in [5, 5.41) is 15.1. The molecule has 3 N–H and O–H groups in total. The predicted octanol–water partition coefficient (Wildman–Crippen LogP) is 8.27. The van der Waals surface area contributed by atoms with Crippen LogP contribution >= 0.6 is 0 Å². The molecule has 4 heterocycles. The number of hydrogen-bond donors (Lipinski definition) is 3. The Labute approximate surface area is 311 Å². The van der Waals surface area contributed by atoms with E-state index in [4.69, 9.17) is 15.4 Å². The van der Waals surface area contributed by atoms with E-state index in [-0.39, 0.29) is 12.6 Å². The lowest BCUT2D eigenvalue weighted by Crippen LogP contribution is -2.51. The Morgan fingerprint density at radius 2 is 1.87 bits per heavy atom. The first-order valence-electron chi connectivity index (χ1n) is 18.5. The van der Waals surface area contributed by atoms with Crippen LogP contribution in [0.25, 0.3) is 17.0 Å². The van der Waals surface area contributed by atoms with Crippen LogP contribution in [-0.2, 0) is 6.42 Å². The molecular formula is C42H51F3N8. The van der Waals surface area contributed by atoms with Crippen LogP contribution in [0.3, 0.4) is 0 Å². The quantitative estimate of drug-likeness (QED) is 0.203. The Morgan fingerprint density at radius 1 is 1.09 bits per heavy atom. The number of rotatable bonds is 8. The van der Waals surface area contributed by atoms with Crippen molar-refractivity contribution >= 4 is 40.5 Å². The number of alkyl halides is 1. The molecule has 0 radical (unpaired) electrons. The maximum absolute atomic E-state index is 15.8. The van der Waals surface area contributed by atoms with Gasteiger partial charge in [0.15, 0.2) is 0 Å². The molecule has 1 saturated heterocycles. The zero-order valence-corrected chi connectivity index (χ0v) is 31.3. The van der Waals surface area contributed by atoms with Crippen molar-refractivity contribution < 1.29 is 13.2 Å². The summed E-state index contributed by atoms with van der Waals surface area (Å²) in [6.45, 7) is 15.2. The lowest BCUT2D eigenvalue weighted by Gasteiger charge is -2.41. The molecule has 0 spiro atoms. The topological polar surface area (TPSA) is 82.9 Å². The van der Waals surface area contributed by atoms with E-state index in [1.807, 2.05) is 55.1 Å². The van der Waals surface area contributed by atoms with Gasteiger partial charge in [-0.25, -0.2) is 18.2 Å². The number of aryl methyl sites for hydroxylation is 1. The van der Waals surface area contributed by atoms with Gasteiger partial charge >= 0.3 is 0 Å². The predicted molar refractivity (Wildman–Crippen MR) is 212 cm³/mol. The molecule has 2 aromatic carbocycles. The van der Waals surface area contributed by atoms with Gasteiger partial charge in [0.05, 0.1) is 28.8 Å². The Bertz CT molecular complexity index is 1920. The van der Waals surface area contributed by atoms with Gasteiger partial charge in [0.1, 0.15) is 17.8 Å². The maximum atomic E-state index is 15.8. The van der Waals surface area contributed by atoms with Gasteiger partial charge in [0.25, 0.3) is 0 Å². The van der Waals surface area contributed by atoms with Crippen LogP contribution in [0.4, 0.5) is 24.5 Å². The number of nitrogens with one attached hydrogen (secondary N) is 3. The number of aromatic nitrogens is 1. The molecule has 3 aliphatic rings. The molecule has 53 heavy (non-hydrogen) atoms. The molecule has 280 valence electrons. The number of anilines is 2. The highest BCUT2D eigenvalue weighted by Crippen LogP contribution is 2.38. The van der Waals surface area contributed by atoms with E-state index in [2.05, 4.69) is 41.7 Å². The van der Waals surface area contributed by atoms with Gasteiger partial charge < -0.3 is 25.8 Å². The van der Waals surface area contributed by atoms with Crippen LogP contribution in [0, 0.1) is 29.9 Å². The highest BCUT2D eigenvalue weighted by Gasteiger charge is 2.34. The Balaban J connectivity index is 1.21. The Kier molecular flexibility index (Phi) is 11.7. The van der Waals surface area contributed by atoms with Crippen molar-refractivity contribution in [2.75, 3.05) is 50.5 Å². The van der Waals surface area contributed by atoms with Crippen LogP contribution in [0.15, 0.2) is 72.4 Å². The third-order valence-corrected chi connectivity index (χ3v) is 10.7. The van der Waals surface area contributed by atoms with E-state index in [0.29, 0.717) is 49.1 Å². The fourth-order valence-electron chi connectivity index (χ4n) is 7.73. The van der Waals surface area contributed by atoms with Crippen molar-refractivity contribution in [1.82, 2.24) is 20.1 Å². The van der Waals surface area contributed by atoms with Crippen molar-refractivity contribution in [3.05, 3.63) is 107 Å². The summed E-state index contributed by atoms with van der Waals surface area (Å²) in [6.07, 6.45) is 5.18. The Morgan fingerprint density at radius 3 is 2.58 bits per heavy atom. The highest BCUT2D eigenvalue weighted by atomic mass is 19.1. The van der Waals surface area contributed by atoms with Gasteiger partial charge in [0.2, 0.25) is 5.96 Å². The van der Waals surface area contributed by atoms with Gasteiger partial charge in [-0.2, -0.15) is 0 Å². The minimum Gasteiger partial charge on any atom is -0.391 e. The molecule has 6 rings (SSSR count). The molecule has 3 aliphatic heterocycles. The van der Waals surface area contributed by atoms with Crippen molar-refractivity contribution in [2.45, 2.75) is 64.6 Å². The smallest absolute Gasteiger partial charge is 0.208 e. The third-order valence-electron chi connectivity index (χ3n) is 10.7. The number of allylic oxidation sites excluding steroid dienone is 2. The largest absolute Gasteiger partial charge is 0.391 e. The molecule has 0 saturated carbocycles. The van der Waals surface area contributed by atoms with Gasteiger partial charge in [-0.15, -0.1) is 0 Å². The van der Waals surface area contributed by atoms with Crippen LogP contribution in [0.1, 0.15) is 67.1 Å². The minimum atomic E-state index is -1.12. The summed E-state index contributed by atoms with van der Waals surface area (Å²) in [7, 11) is 3.81. The number of nitrogens with zero attached hydrogens (tertiary/aromatic N) is 5. The molecule has 0 amide bonds. The molecule has 1 aromatic heterocycles. The van der Waals surface area contributed by atoms with Gasteiger partial charge in [-0.1, -0.05) is 32.6 Å². The zero-order valence-electron chi connectivity index (χ0n) is 31.3. The summed E-state index contributed by atoms with van der Waals surface area (Å²) in [6, 6.07) is 13.3. The zero-order chi connectivity index (χ0) is 37.8. The number of hydrogen-bond acceptors (Lipinski definition) is 8. The lowest BCUT2D eigenvalue weighted by molar-refractivity contribution is 0.0710. The summed E-state index contributed by atoms with van der Waals surface area (Å²) in [5.74, 6) is -0.150. The van der Waals surface area contributed by atoms with Crippen LogP contribution < -0.4 is 15.5 Å². The molecule has 0 aliphatic carbocycles. The number of halogens is 3. The van der Waals surface area contributed by atoms with Gasteiger partial charge in [-0.3, -0.25) is 9.88 Å². The number of benzene rings is 2. The fraction of sp³-hybridized carbons (Fsp3) is 0.405. The van der Waals surface area contributed by atoms with Crippen LogP contribution in [0.2, 0.25) is 0 Å². The number of likely N-dealkylation sites (tertiary alicyclic amines) is 1. The Hall–Kier alpha value is -4.90. The molecule has 2 bridgehead atoms. The fourth-order valence-corrected chi connectivity index (χ4v) is 7.73. The average Bonchev–Trinajstić information content (AvgIpc) is 3.45. The van der Waals surface area contributed by atoms with Crippen molar-refractivity contribution in [2.24, 2.45) is 10.9 Å². The van der Waals surface area contributed by atoms with Crippen molar-refractivity contribution in [1.29, 1.82) is 5.41 Å². The standard InChI is InChI=1S/C42H51F3N8/c1-26-9-7-8-10-37(47-5)35(23-46)39-20-32(17-27(2)48-39)28(3)49-42-50-38-12-11-31(21-41(38)53(42)24-26)29(4)51(6)40-14-16-52(25-36(40)45)15-13-30-18-33(43)22-34(44)19-30/h11-12,17-23,26,36,40,46-47H,3-4,7-10,13-16,24-25H2,1-2,5-6H3,(H,49,50)/b37-35+,46-23?/t26-,36?,40?/m1/s1. The van der Waals surface area contributed by atoms with E-state index < -0.39 is 17.8 Å². The van der Waals surface area contributed by atoms with E-state index in [1.54, 1.807) is 0 Å². The molecule has 11 heteroatoms. The summed E-state index contributed by atoms with van der Waals surface area (Å²) in [4.78, 5) is 16.0. The number of pyridine rings is 1. The van der Waals surface area contributed by atoms with E-state index in [0.717, 1.165) is 89.2 Å². The summed E-state index contributed by atoms with van der Waals surface area (Å²) < 4.78 is 43.1. The van der Waals surface area contributed by atoms with Crippen molar-refractivity contribution in [3.8, 4) is 0 Å². The molecule has 3 atom stereocenters. The van der Waals surface area contributed by atoms with Crippen LogP contribution in [0.5, 0.6) is 0 Å². The second-order valence-electron chi connectivity index (χ2n) is 14.6. The van der Waals surface area contributed by atoms with E-state index in [9.17, 15) is 8.78 Å². The molecular weight excluding hydrogens is 674 g/mol. The first-order chi connectivity index (χ1) is 25.4. The maximum Gasteiger partial charge on any atom is 0.208 e. The first kappa shape index (κ1) is 37.8. The SMILES string of the molecule is C=C1/N=C2\Nc3ccc(C(=C)N(C)C4CCN(CCc5cc(F)cc(F)c5)CC4F)cc3N2C[C@H](C)CCCC/C(NC)=C(/C=N)c2cc1cc(C)n2. The number of fused-ring (bicyclic) bond motifs is 5. The lowest BCUT2D eigenvalue weighted by atomic mass is 9.98. The van der Waals surface area contributed by atoms with Gasteiger partial charge in [-0.05, 0) is 92.5 Å². The van der Waals surface area contributed by atoms with E-state index in [1.165, 1.54) is 18.3 Å². The normalized spacial score (nSPS) is 23.5. The summed E-state index contributed by atoms with van der Waals surface area (Å²) >= 11 is 0. The van der Waals surface area contributed by atoms with Gasteiger partial charge in [0, 0.05) is 80.8 Å². The van der Waals surface area contributed by atoms with E-state index >= 15 is 4.39 Å². The van der Waals surface area contributed by atoms with Crippen molar-refractivity contribution in [3.63, 3.8) is 0 Å². The first-order valence-corrected chi connectivity index (χ1v) is 18.5. The number of piperidine rings is 1. The molecule has 8 nitrogen and oxygen atoms in total. The monoisotopic (exact) mass is 724 g/mol. The second-order valence-corrected chi connectivity index (χ2v) is 14.6. The summed E-state index contributed by atoms with van der Waals surface area (Å²) in [5.41, 5.74) is 8.85. The highest BCUT2D eigenvalue weighted by molar-refractivity contribution is 6.16. The molecule has 2 unspecified atom stereocenters. The van der Waals surface area contributed by atoms with Crippen LogP contribution in [-0.4, -0.2) is 79.4 Å². The third kappa shape index (κ3) is 8.67. The average molecular weight is 725 g/mol. The molecule has 3 aromatic rings. The molecule has 1 fully saturated rings.